The Morgan fingerprint density at radius 2 is 1.61 bits per heavy atom. The summed E-state index contributed by atoms with van der Waals surface area (Å²) in [6.07, 6.45) is 1.93. The summed E-state index contributed by atoms with van der Waals surface area (Å²) in [4.78, 5) is 30.2. The Morgan fingerprint density at radius 3 is 2.33 bits per heavy atom. The van der Waals surface area contributed by atoms with E-state index in [0.29, 0.717) is 28.8 Å². The van der Waals surface area contributed by atoms with Crippen LogP contribution in [-0.4, -0.2) is 31.0 Å². The average molecular weight is 464 g/mol. The van der Waals surface area contributed by atoms with Gasteiger partial charge in [-0.1, -0.05) is 37.3 Å². The van der Waals surface area contributed by atoms with Gasteiger partial charge in [0.05, 0.1) is 33.6 Å². The fraction of sp³-hybridized carbons (Fsp3) is 0.125. The molecule has 0 unspecified atom stereocenters. The van der Waals surface area contributed by atoms with E-state index in [2.05, 4.69) is 15.8 Å². The summed E-state index contributed by atoms with van der Waals surface area (Å²) in [5, 5.41) is 0.588. The molecule has 0 saturated heterocycles. The maximum absolute atomic E-state index is 13.0. The van der Waals surface area contributed by atoms with E-state index in [-0.39, 0.29) is 21.8 Å². The molecule has 9 heteroatoms. The fourth-order valence-electron chi connectivity index (χ4n) is 3.47. The van der Waals surface area contributed by atoms with Crippen molar-refractivity contribution >= 4 is 32.6 Å². The third-order valence-corrected chi connectivity index (χ3v) is 6.94. The van der Waals surface area contributed by atoms with E-state index in [0.717, 1.165) is 0 Å². The number of fused-ring (bicyclic) bond motifs is 1. The Kier molecular flexibility index (Phi) is 6.23. The van der Waals surface area contributed by atoms with E-state index in [1.807, 2.05) is 0 Å². The predicted octanol–water partition coefficient (Wildman–Crippen LogP) is 3.75. The zero-order chi connectivity index (χ0) is 23.4. The van der Waals surface area contributed by atoms with Crippen molar-refractivity contribution in [1.29, 1.82) is 0 Å². The summed E-state index contributed by atoms with van der Waals surface area (Å²) in [6.45, 7) is 1.75. The molecule has 0 aliphatic heterocycles. The smallest absolute Gasteiger partial charge is 0.271 e. The van der Waals surface area contributed by atoms with Crippen molar-refractivity contribution in [1.82, 2.24) is 15.8 Å². The average Bonchev–Trinajstić information content (AvgIpc) is 3.37. The third-order valence-electron chi connectivity index (χ3n) is 4.96. The number of nitrogens with one attached hydrogen (secondary N) is 2. The summed E-state index contributed by atoms with van der Waals surface area (Å²) in [6, 6.07) is 18.0. The minimum Gasteiger partial charge on any atom is -0.463 e. The third kappa shape index (κ3) is 4.63. The molecular formula is C24H21N3O5S. The normalized spacial score (nSPS) is 11.3. The molecule has 2 heterocycles. The molecule has 0 atom stereocenters. The van der Waals surface area contributed by atoms with E-state index < -0.39 is 21.7 Å². The van der Waals surface area contributed by atoms with Gasteiger partial charge >= 0.3 is 0 Å². The van der Waals surface area contributed by atoms with E-state index in [1.165, 1.54) is 18.4 Å². The summed E-state index contributed by atoms with van der Waals surface area (Å²) < 4.78 is 30.5. The minimum atomic E-state index is -3.63. The zero-order valence-corrected chi connectivity index (χ0v) is 18.6. The lowest BCUT2D eigenvalue weighted by Gasteiger charge is -2.13. The largest absolute Gasteiger partial charge is 0.463 e. The van der Waals surface area contributed by atoms with Crippen molar-refractivity contribution in [3.63, 3.8) is 0 Å². The molecule has 8 nitrogen and oxygen atoms in total. The first kappa shape index (κ1) is 22.2. The van der Waals surface area contributed by atoms with Crippen LogP contribution in [0.1, 0.15) is 34.1 Å². The molecule has 0 saturated carbocycles. The Bertz CT molecular complexity index is 1430. The molecule has 0 spiro atoms. The van der Waals surface area contributed by atoms with Crippen LogP contribution in [0.4, 0.5) is 0 Å². The number of rotatable bonds is 6. The lowest BCUT2D eigenvalue weighted by molar-refractivity contribution is 0.0846. The highest BCUT2D eigenvalue weighted by molar-refractivity contribution is 7.91. The van der Waals surface area contributed by atoms with Crippen LogP contribution in [0.2, 0.25) is 0 Å². The first-order valence-corrected chi connectivity index (χ1v) is 11.9. The molecule has 0 bridgehead atoms. The number of amides is 2. The number of hydrogen-bond acceptors (Lipinski definition) is 6. The van der Waals surface area contributed by atoms with Crippen molar-refractivity contribution in [3.05, 3.63) is 84.1 Å². The highest BCUT2D eigenvalue weighted by atomic mass is 32.2. The molecule has 4 rings (SSSR count). The maximum Gasteiger partial charge on any atom is 0.271 e. The number of carbonyl (C=O) groups is 2. The molecule has 4 aromatic rings. The Morgan fingerprint density at radius 1 is 0.909 bits per heavy atom. The monoisotopic (exact) mass is 463 g/mol. The first-order chi connectivity index (χ1) is 15.9. The van der Waals surface area contributed by atoms with Gasteiger partial charge in [0.15, 0.2) is 15.6 Å². The molecule has 2 amide bonds. The summed E-state index contributed by atoms with van der Waals surface area (Å²) >= 11 is 0. The van der Waals surface area contributed by atoms with Crippen LogP contribution >= 0.6 is 0 Å². The number of aromatic nitrogens is 1. The van der Waals surface area contributed by atoms with Crippen molar-refractivity contribution in [2.75, 3.05) is 5.75 Å². The number of pyridine rings is 1. The maximum atomic E-state index is 13.0. The number of hydrazine groups is 1. The van der Waals surface area contributed by atoms with Crippen LogP contribution in [0, 0.1) is 0 Å². The minimum absolute atomic E-state index is 0.0397. The zero-order valence-electron chi connectivity index (χ0n) is 17.7. The van der Waals surface area contributed by atoms with Crippen molar-refractivity contribution in [2.45, 2.75) is 18.2 Å². The van der Waals surface area contributed by atoms with Crippen LogP contribution in [0.15, 0.2) is 82.3 Å². The number of sulfone groups is 1. The number of para-hydroxylation sites is 1. The number of furan rings is 1. The summed E-state index contributed by atoms with van der Waals surface area (Å²) in [7, 11) is -3.63. The van der Waals surface area contributed by atoms with Gasteiger partial charge in [0.2, 0.25) is 0 Å². The topological polar surface area (TPSA) is 118 Å². The molecule has 33 heavy (non-hydrogen) atoms. The second kappa shape index (κ2) is 9.25. The van der Waals surface area contributed by atoms with Gasteiger partial charge in [0, 0.05) is 5.39 Å². The van der Waals surface area contributed by atoms with Crippen LogP contribution in [0.3, 0.4) is 0 Å². The number of nitrogens with zero attached hydrogens (tertiary/aromatic N) is 1. The number of carbonyl (C=O) groups excluding carboxylic acids is 2. The quantitative estimate of drug-likeness (QED) is 0.421. The van der Waals surface area contributed by atoms with Gasteiger partial charge in [0.25, 0.3) is 11.8 Å². The molecule has 2 aromatic carbocycles. The van der Waals surface area contributed by atoms with Gasteiger partial charge in [-0.15, -0.1) is 0 Å². The fourth-order valence-corrected chi connectivity index (χ4v) is 5.01. The number of hydrogen-bond donors (Lipinski definition) is 2. The molecular weight excluding hydrogens is 442 g/mol. The molecule has 0 aliphatic rings. The summed E-state index contributed by atoms with van der Waals surface area (Å²) in [5.74, 6) is -0.900. The second-order valence-corrected chi connectivity index (χ2v) is 9.35. The molecule has 0 radical (unpaired) electrons. The predicted molar refractivity (Wildman–Crippen MR) is 123 cm³/mol. The molecule has 2 aromatic heterocycles. The Labute approximate surface area is 190 Å². The van der Waals surface area contributed by atoms with Crippen LogP contribution in [0.5, 0.6) is 0 Å². The van der Waals surface area contributed by atoms with Crippen molar-refractivity contribution in [3.8, 4) is 11.5 Å². The molecule has 168 valence electrons. The lowest BCUT2D eigenvalue weighted by Crippen LogP contribution is -2.42. The standard InChI is InChI=1S/C24H21N3O5S/c1-2-14-33(30,31)22-12-6-4-9-17(22)23(28)26-27-24(29)18-15-20(21-11-7-13-32-21)25-19-10-5-3-8-16(18)19/h3-13,15H,2,14H2,1H3,(H,26,28)(H,27,29). The van der Waals surface area contributed by atoms with Gasteiger partial charge in [0.1, 0.15) is 5.69 Å². The van der Waals surface area contributed by atoms with Gasteiger partial charge in [-0.05, 0) is 42.8 Å². The SMILES string of the molecule is CCCS(=O)(=O)c1ccccc1C(=O)NNC(=O)c1cc(-c2ccco2)nc2ccccc12. The van der Waals surface area contributed by atoms with E-state index in [4.69, 9.17) is 4.42 Å². The highest BCUT2D eigenvalue weighted by Gasteiger charge is 2.22. The lowest BCUT2D eigenvalue weighted by atomic mass is 10.1. The van der Waals surface area contributed by atoms with Crippen LogP contribution in [0.25, 0.3) is 22.4 Å². The van der Waals surface area contributed by atoms with Gasteiger partial charge in [-0.2, -0.15) is 0 Å². The second-order valence-electron chi connectivity index (χ2n) is 7.27. The van der Waals surface area contributed by atoms with E-state index in [9.17, 15) is 18.0 Å². The Hall–Kier alpha value is -3.98. The van der Waals surface area contributed by atoms with Gasteiger partial charge in [-0.25, -0.2) is 13.4 Å². The number of benzene rings is 2. The molecule has 0 fully saturated rings. The van der Waals surface area contributed by atoms with Crippen molar-refractivity contribution in [2.24, 2.45) is 0 Å². The summed E-state index contributed by atoms with van der Waals surface area (Å²) in [5.41, 5.74) is 5.99. The molecule has 2 N–H and O–H groups in total. The van der Waals surface area contributed by atoms with Crippen molar-refractivity contribution < 1.29 is 22.4 Å². The first-order valence-electron chi connectivity index (χ1n) is 10.3. The van der Waals surface area contributed by atoms with Gasteiger partial charge in [-0.3, -0.25) is 20.4 Å². The van der Waals surface area contributed by atoms with Crippen LogP contribution < -0.4 is 10.9 Å². The molecule has 0 aliphatic carbocycles. The van der Waals surface area contributed by atoms with Crippen LogP contribution in [-0.2, 0) is 9.84 Å². The Balaban J connectivity index is 1.61. The van der Waals surface area contributed by atoms with E-state index in [1.54, 1.807) is 61.5 Å². The van der Waals surface area contributed by atoms with Gasteiger partial charge < -0.3 is 4.42 Å². The highest BCUT2D eigenvalue weighted by Crippen LogP contribution is 2.25. The van der Waals surface area contributed by atoms with E-state index >= 15 is 0 Å².